The van der Waals surface area contributed by atoms with Crippen molar-refractivity contribution in [3.63, 3.8) is 0 Å². The van der Waals surface area contributed by atoms with Crippen molar-refractivity contribution in [1.29, 1.82) is 0 Å². The molecule has 17 heavy (non-hydrogen) atoms. The molecular formula is C12H26N2O3. The maximum absolute atomic E-state index is 11.4. The van der Waals surface area contributed by atoms with Crippen LogP contribution in [0, 0.1) is 5.92 Å². The van der Waals surface area contributed by atoms with Gasteiger partial charge in [-0.05, 0) is 25.3 Å². The first kappa shape index (κ1) is 16.4. The predicted molar refractivity (Wildman–Crippen MR) is 67.8 cm³/mol. The van der Waals surface area contributed by atoms with Crippen LogP contribution >= 0.6 is 0 Å². The highest BCUT2D eigenvalue weighted by molar-refractivity contribution is 5.76. The normalized spacial score (nSPS) is 12.4. The van der Waals surface area contributed by atoms with Gasteiger partial charge in [-0.15, -0.1) is 0 Å². The molecule has 1 amide bonds. The van der Waals surface area contributed by atoms with Gasteiger partial charge >= 0.3 is 0 Å². The summed E-state index contributed by atoms with van der Waals surface area (Å²) in [6.07, 6.45) is 2.41. The van der Waals surface area contributed by atoms with Crippen LogP contribution in [0.3, 0.4) is 0 Å². The lowest BCUT2D eigenvalue weighted by molar-refractivity contribution is -0.121. The van der Waals surface area contributed by atoms with Gasteiger partial charge in [-0.25, -0.2) is 0 Å². The van der Waals surface area contributed by atoms with Gasteiger partial charge in [0, 0.05) is 26.7 Å². The van der Waals surface area contributed by atoms with Crippen molar-refractivity contribution < 1.29 is 14.3 Å². The summed E-state index contributed by atoms with van der Waals surface area (Å²) in [5.74, 6) is 0.343. The van der Waals surface area contributed by atoms with E-state index in [-0.39, 0.29) is 11.8 Å². The second-order valence-electron chi connectivity index (χ2n) is 4.21. The highest BCUT2D eigenvalue weighted by Crippen LogP contribution is 1.98. The largest absolute Gasteiger partial charge is 0.382 e. The first-order chi connectivity index (χ1) is 8.20. The van der Waals surface area contributed by atoms with Gasteiger partial charge in [0.15, 0.2) is 0 Å². The molecule has 5 nitrogen and oxygen atoms in total. The van der Waals surface area contributed by atoms with E-state index in [9.17, 15) is 4.79 Å². The molecule has 1 atom stereocenters. The zero-order valence-corrected chi connectivity index (χ0v) is 11.0. The molecule has 0 aliphatic carbocycles. The summed E-state index contributed by atoms with van der Waals surface area (Å²) in [5.41, 5.74) is 5.45. The third-order valence-corrected chi connectivity index (χ3v) is 2.41. The lowest BCUT2D eigenvalue weighted by atomic mass is 10.1. The fraction of sp³-hybridized carbons (Fsp3) is 0.917. The minimum Gasteiger partial charge on any atom is -0.382 e. The van der Waals surface area contributed by atoms with Gasteiger partial charge in [0.1, 0.15) is 0 Å². The molecule has 0 spiro atoms. The van der Waals surface area contributed by atoms with Gasteiger partial charge in [-0.2, -0.15) is 0 Å². The van der Waals surface area contributed by atoms with E-state index >= 15 is 0 Å². The summed E-state index contributed by atoms with van der Waals surface area (Å²) in [7, 11) is 1.65. The first-order valence-corrected chi connectivity index (χ1v) is 6.24. The Balaban J connectivity index is 3.19. The molecule has 0 heterocycles. The van der Waals surface area contributed by atoms with E-state index in [1.165, 1.54) is 0 Å². The summed E-state index contributed by atoms with van der Waals surface area (Å²) >= 11 is 0. The van der Waals surface area contributed by atoms with Crippen LogP contribution in [0.25, 0.3) is 0 Å². The van der Waals surface area contributed by atoms with Crippen LogP contribution in [0.1, 0.15) is 26.2 Å². The van der Waals surface area contributed by atoms with Crippen molar-refractivity contribution in [2.75, 3.05) is 40.0 Å². The highest BCUT2D eigenvalue weighted by Gasteiger charge is 2.06. The summed E-state index contributed by atoms with van der Waals surface area (Å²) in [6.45, 7) is 5.23. The Morgan fingerprint density at radius 3 is 2.71 bits per heavy atom. The first-order valence-electron chi connectivity index (χ1n) is 6.24. The Morgan fingerprint density at radius 2 is 2.06 bits per heavy atom. The molecule has 0 saturated carbocycles. The van der Waals surface area contributed by atoms with Crippen molar-refractivity contribution >= 4 is 5.91 Å². The maximum Gasteiger partial charge on any atom is 0.220 e. The number of hydrogen-bond acceptors (Lipinski definition) is 4. The van der Waals surface area contributed by atoms with Crippen LogP contribution in [-0.4, -0.2) is 45.9 Å². The molecule has 0 bridgehead atoms. The summed E-state index contributed by atoms with van der Waals surface area (Å²) in [5, 5.41) is 2.88. The highest BCUT2D eigenvalue weighted by atomic mass is 16.5. The Labute approximate surface area is 104 Å². The van der Waals surface area contributed by atoms with Gasteiger partial charge in [0.2, 0.25) is 5.91 Å². The van der Waals surface area contributed by atoms with Gasteiger partial charge < -0.3 is 20.5 Å². The maximum atomic E-state index is 11.4. The fourth-order valence-corrected chi connectivity index (χ4v) is 1.27. The van der Waals surface area contributed by atoms with Crippen molar-refractivity contribution in [3.05, 3.63) is 0 Å². The zero-order chi connectivity index (χ0) is 12.9. The third-order valence-electron chi connectivity index (χ3n) is 2.41. The van der Waals surface area contributed by atoms with Gasteiger partial charge in [-0.3, -0.25) is 4.79 Å². The molecule has 0 aromatic carbocycles. The van der Waals surface area contributed by atoms with Gasteiger partial charge in [-0.1, -0.05) is 6.92 Å². The van der Waals surface area contributed by atoms with Crippen molar-refractivity contribution in [1.82, 2.24) is 5.32 Å². The number of amides is 1. The van der Waals surface area contributed by atoms with Crippen molar-refractivity contribution in [2.45, 2.75) is 26.2 Å². The lowest BCUT2D eigenvalue weighted by Crippen LogP contribution is -2.28. The Morgan fingerprint density at radius 1 is 1.29 bits per heavy atom. The van der Waals surface area contributed by atoms with E-state index in [1.807, 2.05) is 6.92 Å². The van der Waals surface area contributed by atoms with Crippen molar-refractivity contribution in [2.24, 2.45) is 11.7 Å². The molecule has 102 valence electrons. The molecule has 0 rings (SSSR count). The van der Waals surface area contributed by atoms with Crippen LogP contribution < -0.4 is 11.1 Å². The number of unbranched alkanes of at least 4 members (excludes halogenated alkanes) is 1. The molecular weight excluding hydrogens is 220 g/mol. The number of nitrogens with two attached hydrogens (primary N) is 1. The fourth-order valence-electron chi connectivity index (χ4n) is 1.27. The average molecular weight is 246 g/mol. The molecule has 1 unspecified atom stereocenters. The number of rotatable bonds is 11. The molecule has 0 aromatic heterocycles. The topological polar surface area (TPSA) is 73.6 Å². The Bertz CT molecular complexity index is 189. The number of nitrogens with one attached hydrogen (secondary N) is 1. The molecule has 0 aliphatic heterocycles. The Kier molecular flexibility index (Phi) is 11.4. The quantitative estimate of drug-likeness (QED) is 0.522. The number of hydrogen-bond donors (Lipinski definition) is 2. The van der Waals surface area contributed by atoms with E-state index in [0.717, 1.165) is 19.4 Å². The van der Waals surface area contributed by atoms with E-state index < -0.39 is 0 Å². The predicted octanol–water partition coefficient (Wildman–Crippen LogP) is 0.531. The van der Waals surface area contributed by atoms with Gasteiger partial charge in [0.05, 0.1) is 13.2 Å². The van der Waals surface area contributed by atoms with E-state index in [0.29, 0.717) is 32.7 Å². The third kappa shape index (κ3) is 11.6. The van der Waals surface area contributed by atoms with E-state index in [2.05, 4.69) is 5.32 Å². The van der Waals surface area contributed by atoms with Crippen LogP contribution in [0.15, 0.2) is 0 Å². The Hall–Kier alpha value is -0.650. The van der Waals surface area contributed by atoms with E-state index in [4.69, 9.17) is 15.2 Å². The minimum absolute atomic E-state index is 0.0863. The molecule has 0 aromatic rings. The van der Waals surface area contributed by atoms with E-state index in [1.54, 1.807) is 7.11 Å². The second kappa shape index (κ2) is 11.8. The number of ether oxygens (including phenoxy) is 2. The summed E-state index contributed by atoms with van der Waals surface area (Å²) < 4.78 is 10.2. The van der Waals surface area contributed by atoms with Crippen molar-refractivity contribution in [3.8, 4) is 0 Å². The minimum atomic E-state index is 0.0863. The summed E-state index contributed by atoms with van der Waals surface area (Å²) in [6, 6.07) is 0. The number of carbonyl (C=O) groups excluding carboxylic acids is 1. The zero-order valence-electron chi connectivity index (χ0n) is 11.0. The van der Waals surface area contributed by atoms with Gasteiger partial charge in [0.25, 0.3) is 0 Å². The SMILES string of the molecule is COCCOCCCCNC(=O)CC(C)CN. The average Bonchev–Trinajstić information content (AvgIpc) is 2.32. The summed E-state index contributed by atoms with van der Waals surface area (Å²) in [4.78, 5) is 11.4. The molecule has 0 radical (unpaired) electrons. The van der Waals surface area contributed by atoms with Crippen LogP contribution in [-0.2, 0) is 14.3 Å². The smallest absolute Gasteiger partial charge is 0.220 e. The molecule has 0 fully saturated rings. The molecule has 0 saturated heterocycles. The lowest BCUT2D eigenvalue weighted by Gasteiger charge is -2.09. The van der Waals surface area contributed by atoms with Crippen LogP contribution in [0.4, 0.5) is 0 Å². The molecule has 0 aliphatic rings. The second-order valence-corrected chi connectivity index (χ2v) is 4.21. The van der Waals surface area contributed by atoms with Crippen LogP contribution in [0.2, 0.25) is 0 Å². The number of methoxy groups -OCH3 is 1. The monoisotopic (exact) mass is 246 g/mol. The van der Waals surface area contributed by atoms with Crippen LogP contribution in [0.5, 0.6) is 0 Å². The standard InChI is InChI=1S/C12H26N2O3/c1-11(10-13)9-12(15)14-5-3-4-6-17-8-7-16-2/h11H,3-10,13H2,1-2H3,(H,14,15). The number of carbonyl (C=O) groups is 1. The molecule has 3 N–H and O–H groups in total. The molecule has 5 heteroatoms.